The highest BCUT2D eigenvalue weighted by molar-refractivity contribution is 5.40. The van der Waals surface area contributed by atoms with Crippen molar-refractivity contribution in [1.82, 2.24) is 10.2 Å². The third-order valence-corrected chi connectivity index (χ3v) is 1.81. The zero-order valence-corrected chi connectivity index (χ0v) is 7.94. The Morgan fingerprint density at radius 1 is 1.36 bits per heavy atom. The van der Waals surface area contributed by atoms with Gasteiger partial charge in [0.15, 0.2) is 0 Å². The van der Waals surface area contributed by atoms with Crippen molar-refractivity contribution in [2.24, 2.45) is 0 Å². The number of rotatable bonds is 4. The van der Waals surface area contributed by atoms with Crippen molar-refractivity contribution < 1.29 is 10.2 Å². The Hall–Kier alpha value is -1.40. The SMILES string of the molecule is CC(CO)(CO)Nc1ccc(N)nn1. The number of aliphatic hydroxyl groups is 2. The van der Waals surface area contributed by atoms with Gasteiger partial charge in [-0.1, -0.05) is 0 Å². The van der Waals surface area contributed by atoms with E-state index in [9.17, 15) is 0 Å². The first-order valence-electron chi connectivity index (χ1n) is 4.19. The molecule has 78 valence electrons. The van der Waals surface area contributed by atoms with Crippen LogP contribution < -0.4 is 11.1 Å². The van der Waals surface area contributed by atoms with Gasteiger partial charge in [-0.15, -0.1) is 10.2 Å². The number of aliphatic hydroxyl groups excluding tert-OH is 2. The highest BCUT2D eigenvalue weighted by Gasteiger charge is 2.22. The molecule has 0 aliphatic rings. The van der Waals surface area contributed by atoms with Gasteiger partial charge in [0.1, 0.15) is 11.6 Å². The fourth-order valence-corrected chi connectivity index (χ4v) is 0.847. The number of nitrogen functional groups attached to an aromatic ring is 1. The summed E-state index contributed by atoms with van der Waals surface area (Å²) in [5, 5.41) is 28.2. The summed E-state index contributed by atoms with van der Waals surface area (Å²) in [4.78, 5) is 0. The average Bonchev–Trinajstić information content (AvgIpc) is 2.21. The van der Waals surface area contributed by atoms with Crippen molar-refractivity contribution in [3.05, 3.63) is 12.1 Å². The van der Waals surface area contributed by atoms with Crippen LogP contribution >= 0.6 is 0 Å². The summed E-state index contributed by atoms with van der Waals surface area (Å²) in [7, 11) is 0. The first-order valence-corrected chi connectivity index (χ1v) is 4.19. The molecule has 6 heteroatoms. The van der Waals surface area contributed by atoms with E-state index in [1.165, 1.54) is 0 Å². The normalized spacial score (nSPS) is 11.4. The van der Waals surface area contributed by atoms with Gasteiger partial charge < -0.3 is 21.3 Å². The van der Waals surface area contributed by atoms with Crippen LogP contribution in [-0.4, -0.2) is 39.2 Å². The van der Waals surface area contributed by atoms with Crippen molar-refractivity contribution >= 4 is 11.6 Å². The van der Waals surface area contributed by atoms with Crippen LogP contribution in [0, 0.1) is 0 Å². The summed E-state index contributed by atoms with van der Waals surface area (Å²) in [6.07, 6.45) is 0. The second-order valence-electron chi connectivity index (χ2n) is 3.35. The van der Waals surface area contributed by atoms with E-state index < -0.39 is 5.54 Å². The molecule has 14 heavy (non-hydrogen) atoms. The van der Waals surface area contributed by atoms with Gasteiger partial charge in [-0.05, 0) is 19.1 Å². The third-order valence-electron chi connectivity index (χ3n) is 1.81. The Morgan fingerprint density at radius 3 is 2.43 bits per heavy atom. The highest BCUT2D eigenvalue weighted by atomic mass is 16.3. The molecule has 0 aliphatic carbocycles. The summed E-state index contributed by atoms with van der Waals surface area (Å²) >= 11 is 0. The summed E-state index contributed by atoms with van der Waals surface area (Å²) in [5.41, 5.74) is 4.55. The standard InChI is InChI=1S/C8H14N4O2/c1-8(4-13,5-14)10-7-3-2-6(9)11-12-7/h2-3,13-14H,4-5H2,1H3,(H2,9,11)(H,10,12). The Balaban J connectivity index is 2.72. The van der Waals surface area contributed by atoms with E-state index in [0.29, 0.717) is 11.6 Å². The van der Waals surface area contributed by atoms with E-state index in [1.54, 1.807) is 19.1 Å². The minimum atomic E-state index is -0.801. The van der Waals surface area contributed by atoms with E-state index in [1.807, 2.05) is 0 Å². The molecule has 0 spiro atoms. The van der Waals surface area contributed by atoms with E-state index in [4.69, 9.17) is 15.9 Å². The first-order chi connectivity index (χ1) is 6.59. The van der Waals surface area contributed by atoms with Crippen LogP contribution in [0.25, 0.3) is 0 Å². The third kappa shape index (κ3) is 2.54. The summed E-state index contributed by atoms with van der Waals surface area (Å²) in [6.45, 7) is 1.27. The lowest BCUT2D eigenvalue weighted by Gasteiger charge is -2.26. The molecular weight excluding hydrogens is 184 g/mol. The van der Waals surface area contributed by atoms with E-state index >= 15 is 0 Å². The summed E-state index contributed by atoms with van der Waals surface area (Å²) in [5.74, 6) is 0.787. The summed E-state index contributed by atoms with van der Waals surface area (Å²) in [6, 6.07) is 3.22. The largest absolute Gasteiger partial charge is 0.394 e. The van der Waals surface area contributed by atoms with E-state index in [-0.39, 0.29) is 13.2 Å². The van der Waals surface area contributed by atoms with Crippen molar-refractivity contribution in [1.29, 1.82) is 0 Å². The van der Waals surface area contributed by atoms with Crippen molar-refractivity contribution in [2.45, 2.75) is 12.5 Å². The van der Waals surface area contributed by atoms with Crippen molar-refractivity contribution in [3.8, 4) is 0 Å². The monoisotopic (exact) mass is 198 g/mol. The molecule has 0 saturated carbocycles. The smallest absolute Gasteiger partial charge is 0.149 e. The van der Waals surface area contributed by atoms with Crippen LogP contribution in [0.3, 0.4) is 0 Å². The number of nitrogens with one attached hydrogen (secondary N) is 1. The molecule has 0 aliphatic heterocycles. The van der Waals surface area contributed by atoms with Crippen LogP contribution in [0.5, 0.6) is 0 Å². The molecule has 0 radical (unpaired) electrons. The second kappa shape index (κ2) is 4.21. The zero-order chi connectivity index (χ0) is 10.6. The summed E-state index contributed by atoms with van der Waals surface area (Å²) < 4.78 is 0. The fraction of sp³-hybridized carbons (Fsp3) is 0.500. The number of aromatic nitrogens is 2. The van der Waals surface area contributed by atoms with Gasteiger partial charge in [0.25, 0.3) is 0 Å². The Bertz CT molecular complexity index is 284. The van der Waals surface area contributed by atoms with Crippen LogP contribution in [0.2, 0.25) is 0 Å². The van der Waals surface area contributed by atoms with Crippen LogP contribution in [0.4, 0.5) is 11.6 Å². The topological polar surface area (TPSA) is 104 Å². The van der Waals surface area contributed by atoms with Gasteiger partial charge in [0.05, 0.1) is 18.8 Å². The van der Waals surface area contributed by atoms with Crippen LogP contribution in [-0.2, 0) is 0 Å². The maximum atomic E-state index is 9.01. The van der Waals surface area contributed by atoms with Crippen LogP contribution in [0.15, 0.2) is 12.1 Å². The Kier molecular flexibility index (Phi) is 3.21. The number of hydrogen-bond donors (Lipinski definition) is 4. The second-order valence-corrected chi connectivity index (χ2v) is 3.35. The fourth-order valence-electron chi connectivity index (χ4n) is 0.847. The zero-order valence-electron chi connectivity index (χ0n) is 7.94. The number of nitrogens with zero attached hydrogens (tertiary/aromatic N) is 2. The quantitative estimate of drug-likeness (QED) is 0.505. The molecule has 0 aromatic carbocycles. The van der Waals surface area contributed by atoms with Gasteiger partial charge in [0, 0.05) is 0 Å². The highest BCUT2D eigenvalue weighted by Crippen LogP contribution is 2.11. The molecular formula is C8H14N4O2. The number of hydrogen-bond acceptors (Lipinski definition) is 6. The molecule has 0 saturated heterocycles. The Morgan fingerprint density at radius 2 is 2.00 bits per heavy atom. The maximum absolute atomic E-state index is 9.01. The average molecular weight is 198 g/mol. The molecule has 1 aromatic heterocycles. The molecule has 5 N–H and O–H groups in total. The van der Waals surface area contributed by atoms with Gasteiger partial charge in [0.2, 0.25) is 0 Å². The molecule has 0 bridgehead atoms. The van der Waals surface area contributed by atoms with Crippen LogP contribution in [0.1, 0.15) is 6.92 Å². The minimum Gasteiger partial charge on any atom is -0.394 e. The molecule has 1 rings (SSSR count). The van der Waals surface area contributed by atoms with Crippen molar-refractivity contribution in [3.63, 3.8) is 0 Å². The van der Waals surface area contributed by atoms with E-state index in [0.717, 1.165) is 0 Å². The first kappa shape index (κ1) is 10.7. The predicted octanol–water partition coefficient (Wildman–Crippen LogP) is -0.786. The van der Waals surface area contributed by atoms with Crippen molar-refractivity contribution in [2.75, 3.05) is 24.3 Å². The van der Waals surface area contributed by atoms with Gasteiger partial charge >= 0.3 is 0 Å². The minimum absolute atomic E-state index is 0.199. The lowest BCUT2D eigenvalue weighted by Crippen LogP contribution is -2.42. The maximum Gasteiger partial charge on any atom is 0.149 e. The van der Waals surface area contributed by atoms with E-state index in [2.05, 4.69) is 15.5 Å². The molecule has 0 atom stereocenters. The Labute approximate surface area is 81.8 Å². The van der Waals surface area contributed by atoms with Gasteiger partial charge in [-0.3, -0.25) is 0 Å². The van der Waals surface area contributed by atoms with Gasteiger partial charge in [-0.2, -0.15) is 0 Å². The predicted molar refractivity (Wildman–Crippen MR) is 52.6 cm³/mol. The number of anilines is 2. The van der Waals surface area contributed by atoms with Gasteiger partial charge in [-0.25, -0.2) is 0 Å². The molecule has 6 nitrogen and oxygen atoms in total. The molecule has 0 fully saturated rings. The molecule has 0 unspecified atom stereocenters. The number of nitrogens with two attached hydrogens (primary N) is 1. The molecule has 0 amide bonds. The lowest BCUT2D eigenvalue weighted by molar-refractivity contribution is 0.147. The lowest BCUT2D eigenvalue weighted by atomic mass is 10.1. The molecule has 1 heterocycles. The molecule has 1 aromatic rings.